The van der Waals surface area contributed by atoms with E-state index in [2.05, 4.69) is 5.32 Å². The number of hydrogen-bond donors (Lipinski definition) is 3. The van der Waals surface area contributed by atoms with Crippen LogP contribution in [0.15, 0.2) is 11.6 Å². The lowest BCUT2D eigenvalue weighted by Crippen LogP contribution is -2.43. The predicted molar refractivity (Wildman–Crippen MR) is 50.7 cm³/mol. The number of hydrogen-bond acceptors (Lipinski definition) is 3. The molecule has 3 N–H and O–H groups in total. The molecule has 0 aromatic heterocycles. The standard InChI is InChI=1S/C9H15NO4/c1-3-4-6(2)8(12)10-7(5-11)9(13)14/h4,7,11H,3,5H2,1-2H3,(H,10,12)(H,13,14)/b6-4-/t7-/m0/s1. The van der Waals surface area contributed by atoms with Crippen LogP contribution in [-0.4, -0.2) is 34.7 Å². The molecule has 0 rings (SSSR count). The van der Waals surface area contributed by atoms with Gasteiger partial charge in [0.15, 0.2) is 6.04 Å². The van der Waals surface area contributed by atoms with Gasteiger partial charge in [0.05, 0.1) is 6.61 Å². The first-order chi connectivity index (χ1) is 6.52. The molecule has 0 saturated carbocycles. The molecule has 0 aromatic carbocycles. The van der Waals surface area contributed by atoms with Gasteiger partial charge in [0.2, 0.25) is 5.91 Å². The van der Waals surface area contributed by atoms with Gasteiger partial charge in [0, 0.05) is 5.57 Å². The topological polar surface area (TPSA) is 86.6 Å². The zero-order valence-electron chi connectivity index (χ0n) is 8.28. The fraction of sp³-hybridized carbons (Fsp3) is 0.556. The number of rotatable bonds is 5. The number of carbonyl (C=O) groups is 2. The van der Waals surface area contributed by atoms with Gasteiger partial charge in [-0.2, -0.15) is 0 Å². The van der Waals surface area contributed by atoms with Crippen molar-refractivity contribution >= 4 is 11.9 Å². The van der Waals surface area contributed by atoms with Gasteiger partial charge in [-0.15, -0.1) is 0 Å². The monoisotopic (exact) mass is 201 g/mol. The average Bonchev–Trinajstić information content (AvgIpc) is 2.13. The van der Waals surface area contributed by atoms with Crippen LogP contribution >= 0.6 is 0 Å². The fourth-order valence-electron chi connectivity index (χ4n) is 0.856. The number of carboxylic acid groups (broad SMARTS) is 1. The van der Waals surface area contributed by atoms with Crippen LogP contribution in [-0.2, 0) is 9.59 Å². The number of allylic oxidation sites excluding steroid dienone is 1. The highest BCUT2D eigenvalue weighted by molar-refractivity contribution is 5.95. The Morgan fingerprint density at radius 2 is 2.07 bits per heavy atom. The van der Waals surface area contributed by atoms with E-state index in [0.717, 1.165) is 0 Å². The maximum absolute atomic E-state index is 11.3. The van der Waals surface area contributed by atoms with E-state index in [9.17, 15) is 9.59 Å². The molecule has 5 heteroatoms. The van der Waals surface area contributed by atoms with Gasteiger partial charge in [0.25, 0.3) is 0 Å². The SMILES string of the molecule is CC/C=C(/C)C(=O)N[C@@H](CO)C(=O)O. The molecule has 0 saturated heterocycles. The lowest BCUT2D eigenvalue weighted by Gasteiger charge is -2.11. The summed E-state index contributed by atoms with van der Waals surface area (Å²) in [4.78, 5) is 21.7. The van der Waals surface area contributed by atoms with Crippen LogP contribution in [0.1, 0.15) is 20.3 Å². The van der Waals surface area contributed by atoms with Crippen LogP contribution in [0.5, 0.6) is 0 Å². The minimum atomic E-state index is -1.25. The summed E-state index contributed by atoms with van der Waals surface area (Å²) in [7, 11) is 0. The Morgan fingerprint density at radius 3 is 2.43 bits per heavy atom. The molecule has 1 atom stereocenters. The zero-order chi connectivity index (χ0) is 11.1. The summed E-state index contributed by atoms with van der Waals surface area (Å²) < 4.78 is 0. The summed E-state index contributed by atoms with van der Waals surface area (Å²) in [5, 5.41) is 19.4. The Kier molecular flexibility index (Phi) is 5.55. The van der Waals surface area contributed by atoms with Crippen molar-refractivity contribution in [3.8, 4) is 0 Å². The lowest BCUT2D eigenvalue weighted by atomic mass is 10.2. The van der Waals surface area contributed by atoms with E-state index in [1.54, 1.807) is 13.0 Å². The van der Waals surface area contributed by atoms with E-state index < -0.39 is 24.5 Å². The number of carboxylic acids is 1. The van der Waals surface area contributed by atoms with Gasteiger partial charge in [-0.3, -0.25) is 4.79 Å². The van der Waals surface area contributed by atoms with Crippen molar-refractivity contribution < 1.29 is 19.8 Å². The molecule has 14 heavy (non-hydrogen) atoms. The number of carbonyl (C=O) groups excluding carboxylic acids is 1. The minimum absolute atomic E-state index is 0.451. The Labute approximate surface area is 82.4 Å². The highest BCUT2D eigenvalue weighted by atomic mass is 16.4. The van der Waals surface area contributed by atoms with Gasteiger partial charge in [-0.1, -0.05) is 13.0 Å². The van der Waals surface area contributed by atoms with Crippen molar-refractivity contribution in [2.75, 3.05) is 6.61 Å². The molecule has 1 amide bonds. The molecule has 0 bridgehead atoms. The van der Waals surface area contributed by atoms with Crippen molar-refractivity contribution in [2.45, 2.75) is 26.3 Å². The number of aliphatic carboxylic acids is 1. The highest BCUT2D eigenvalue weighted by Crippen LogP contribution is 1.96. The minimum Gasteiger partial charge on any atom is -0.480 e. The normalized spacial score (nSPS) is 13.5. The summed E-state index contributed by atoms with van der Waals surface area (Å²) in [6.07, 6.45) is 2.39. The van der Waals surface area contributed by atoms with E-state index in [4.69, 9.17) is 10.2 Å². The Hall–Kier alpha value is -1.36. The van der Waals surface area contributed by atoms with E-state index >= 15 is 0 Å². The molecule has 0 aromatic rings. The summed E-state index contributed by atoms with van der Waals surface area (Å²) in [6, 6.07) is -1.23. The van der Waals surface area contributed by atoms with Gasteiger partial charge < -0.3 is 15.5 Å². The Morgan fingerprint density at radius 1 is 1.50 bits per heavy atom. The Balaban J connectivity index is 4.30. The first-order valence-corrected chi connectivity index (χ1v) is 4.34. The average molecular weight is 201 g/mol. The first-order valence-electron chi connectivity index (χ1n) is 4.34. The largest absolute Gasteiger partial charge is 0.480 e. The molecule has 0 aliphatic carbocycles. The molecular weight excluding hydrogens is 186 g/mol. The van der Waals surface area contributed by atoms with Crippen LogP contribution in [0.2, 0.25) is 0 Å². The van der Waals surface area contributed by atoms with Gasteiger partial charge in [-0.25, -0.2) is 4.79 Å². The first kappa shape index (κ1) is 12.6. The molecule has 0 fully saturated rings. The summed E-state index contributed by atoms with van der Waals surface area (Å²) in [5.74, 6) is -1.71. The maximum Gasteiger partial charge on any atom is 0.328 e. The number of nitrogens with one attached hydrogen (secondary N) is 1. The second-order valence-electron chi connectivity index (χ2n) is 2.84. The van der Waals surface area contributed by atoms with Gasteiger partial charge in [0.1, 0.15) is 0 Å². The van der Waals surface area contributed by atoms with Crippen LogP contribution < -0.4 is 5.32 Å². The van der Waals surface area contributed by atoms with E-state index in [1.165, 1.54) is 0 Å². The highest BCUT2D eigenvalue weighted by Gasteiger charge is 2.18. The number of amides is 1. The maximum atomic E-state index is 11.3. The van der Waals surface area contributed by atoms with Crippen molar-refractivity contribution in [3.63, 3.8) is 0 Å². The third-order valence-corrected chi connectivity index (χ3v) is 1.65. The van der Waals surface area contributed by atoms with E-state index in [-0.39, 0.29) is 0 Å². The van der Waals surface area contributed by atoms with Crippen LogP contribution in [0.25, 0.3) is 0 Å². The molecular formula is C9H15NO4. The fourth-order valence-corrected chi connectivity index (χ4v) is 0.856. The Bertz CT molecular complexity index is 247. The summed E-state index contributed by atoms with van der Waals surface area (Å²) in [6.45, 7) is 2.85. The third kappa shape index (κ3) is 4.04. The van der Waals surface area contributed by atoms with Crippen LogP contribution in [0.4, 0.5) is 0 Å². The lowest BCUT2D eigenvalue weighted by molar-refractivity contribution is -0.142. The van der Waals surface area contributed by atoms with Crippen molar-refractivity contribution in [1.29, 1.82) is 0 Å². The van der Waals surface area contributed by atoms with E-state index in [1.807, 2.05) is 6.92 Å². The second-order valence-corrected chi connectivity index (χ2v) is 2.84. The van der Waals surface area contributed by atoms with E-state index in [0.29, 0.717) is 12.0 Å². The van der Waals surface area contributed by atoms with Gasteiger partial charge >= 0.3 is 5.97 Å². The molecule has 0 heterocycles. The second kappa shape index (κ2) is 6.15. The van der Waals surface area contributed by atoms with Crippen LogP contribution in [0.3, 0.4) is 0 Å². The quantitative estimate of drug-likeness (QED) is 0.542. The number of aliphatic hydroxyl groups excluding tert-OH is 1. The molecule has 0 spiro atoms. The van der Waals surface area contributed by atoms with Crippen LogP contribution in [0, 0.1) is 0 Å². The molecule has 0 aliphatic rings. The third-order valence-electron chi connectivity index (χ3n) is 1.65. The smallest absolute Gasteiger partial charge is 0.328 e. The van der Waals surface area contributed by atoms with Crippen molar-refractivity contribution in [2.24, 2.45) is 0 Å². The van der Waals surface area contributed by atoms with Crippen molar-refractivity contribution in [1.82, 2.24) is 5.32 Å². The van der Waals surface area contributed by atoms with Crippen molar-refractivity contribution in [3.05, 3.63) is 11.6 Å². The molecule has 0 radical (unpaired) electrons. The molecule has 0 aliphatic heterocycles. The predicted octanol–water partition coefficient (Wildman–Crippen LogP) is -0.0956. The molecule has 80 valence electrons. The molecule has 5 nitrogen and oxygen atoms in total. The summed E-state index contributed by atoms with van der Waals surface area (Å²) in [5.41, 5.74) is 0.451. The number of aliphatic hydroxyl groups is 1. The summed E-state index contributed by atoms with van der Waals surface area (Å²) >= 11 is 0. The molecule has 0 unspecified atom stereocenters. The zero-order valence-corrected chi connectivity index (χ0v) is 8.28. The van der Waals surface area contributed by atoms with Gasteiger partial charge in [-0.05, 0) is 13.3 Å².